The first-order chi connectivity index (χ1) is 11.6. The van der Waals surface area contributed by atoms with Crippen LogP contribution < -0.4 is 4.74 Å². The summed E-state index contributed by atoms with van der Waals surface area (Å²) in [6.07, 6.45) is 4.16. The van der Waals surface area contributed by atoms with Gasteiger partial charge in [0.25, 0.3) is 0 Å². The van der Waals surface area contributed by atoms with E-state index in [2.05, 4.69) is 24.0 Å². The van der Waals surface area contributed by atoms with E-state index < -0.39 is 5.97 Å². The smallest absolute Gasteiger partial charge is 0.307 e. The Kier molecular flexibility index (Phi) is 5.74. The fourth-order valence-electron chi connectivity index (χ4n) is 3.49. The van der Waals surface area contributed by atoms with Crippen molar-refractivity contribution in [3.8, 4) is 5.75 Å². The summed E-state index contributed by atoms with van der Waals surface area (Å²) in [6, 6.07) is 8.56. The summed E-state index contributed by atoms with van der Waals surface area (Å²) in [5, 5.41) is 9.24. The molecule has 132 valence electrons. The van der Waals surface area contributed by atoms with Gasteiger partial charge in [0, 0.05) is 25.7 Å². The lowest BCUT2D eigenvalue weighted by Crippen LogP contribution is -2.43. The molecule has 2 aliphatic heterocycles. The molecule has 0 bridgehead atoms. The second-order valence-electron chi connectivity index (χ2n) is 6.98. The van der Waals surface area contributed by atoms with Gasteiger partial charge in [0.1, 0.15) is 12.4 Å². The van der Waals surface area contributed by atoms with Crippen molar-refractivity contribution in [1.29, 1.82) is 0 Å². The lowest BCUT2D eigenvalue weighted by Gasteiger charge is -2.36. The van der Waals surface area contributed by atoms with Crippen molar-refractivity contribution in [2.75, 3.05) is 19.8 Å². The topological polar surface area (TPSA) is 59.0 Å². The molecule has 0 amide bonds. The van der Waals surface area contributed by atoms with Crippen molar-refractivity contribution < 1.29 is 19.4 Å². The summed E-state index contributed by atoms with van der Waals surface area (Å²) >= 11 is 0. The molecule has 3 unspecified atom stereocenters. The van der Waals surface area contributed by atoms with Crippen LogP contribution in [0.2, 0.25) is 0 Å². The lowest BCUT2D eigenvalue weighted by molar-refractivity contribution is -0.144. The molecule has 5 heteroatoms. The van der Waals surface area contributed by atoms with Crippen molar-refractivity contribution in [1.82, 2.24) is 4.90 Å². The van der Waals surface area contributed by atoms with Gasteiger partial charge in [0.15, 0.2) is 0 Å². The first-order valence-electron chi connectivity index (χ1n) is 8.92. The number of benzene rings is 1. The number of likely N-dealkylation sites (tertiary alicyclic amines) is 1. The van der Waals surface area contributed by atoms with Gasteiger partial charge in [-0.2, -0.15) is 0 Å². The zero-order valence-corrected chi connectivity index (χ0v) is 14.3. The number of ether oxygens (including phenoxy) is 2. The molecule has 2 fully saturated rings. The van der Waals surface area contributed by atoms with Gasteiger partial charge in [-0.15, -0.1) is 0 Å². The summed E-state index contributed by atoms with van der Waals surface area (Å²) in [5.74, 6) is -0.0515. The molecule has 3 rings (SSSR count). The molecule has 24 heavy (non-hydrogen) atoms. The third-order valence-corrected chi connectivity index (χ3v) is 5.13. The third kappa shape index (κ3) is 4.48. The van der Waals surface area contributed by atoms with Crippen molar-refractivity contribution in [2.45, 2.75) is 51.3 Å². The molecule has 1 N–H and O–H groups in total. The summed E-state index contributed by atoms with van der Waals surface area (Å²) < 4.78 is 11.3. The first kappa shape index (κ1) is 17.2. The number of aliphatic carboxylic acids is 1. The molecule has 2 heterocycles. The molecule has 0 radical (unpaired) electrons. The molecule has 1 aromatic carbocycles. The minimum Gasteiger partial charge on any atom is -0.491 e. The number of piperidine rings is 1. The number of nitrogens with zero attached hydrogens (tertiary/aromatic N) is 1. The summed E-state index contributed by atoms with van der Waals surface area (Å²) in [4.78, 5) is 13.5. The van der Waals surface area contributed by atoms with Crippen molar-refractivity contribution in [2.24, 2.45) is 5.92 Å². The van der Waals surface area contributed by atoms with Crippen LogP contribution in [-0.4, -0.2) is 47.9 Å². The second kappa shape index (κ2) is 7.99. The SMILES string of the molecule is CC1CCC(C(=O)O)CN1Cc1ccc(OCC2CCCO2)cc1. The van der Waals surface area contributed by atoms with Crippen molar-refractivity contribution >= 4 is 5.97 Å². The van der Waals surface area contributed by atoms with E-state index >= 15 is 0 Å². The predicted octanol–water partition coefficient (Wildman–Crippen LogP) is 2.93. The number of hydrogen-bond donors (Lipinski definition) is 1. The van der Waals surface area contributed by atoms with Gasteiger partial charge < -0.3 is 14.6 Å². The van der Waals surface area contributed by atoms with Crippen LogP contribution in [0, 0.1) is 5.92 Å². The van der Waals surface area contributed by atoms with Crippen LogP contribution in [0.4, 0.5) is 0 Å². The number of hydrogen-bond acceptors (Lipinski definition) is 4. The Balaban J connectivity index is 1.52. The van der Waals surface area contributed by atoms with Gasteiger partial charge in [-0.25, -0.2) is 0 Å². The van der Waals surface area contributed by atoms with Crippen LogP contribution in [0.25, 0.3) is 0 Å². The van der Waals surface area contributed by atoms with Crippen LogP contribution in [0.3, 0.4) is 0 Å². The highest BCUT2D eigenvalue weighted by Crippen LogP contribution is 2.24. The average molecular weight is 333 g/mol. The molecule has 5 nitrogen and oxygen atoms in total. The van der Waals surface area contributed by atoms with E-state index in [0.29, 0.717) is 19.2 Å². The number of carboxylic acid groups (broad SMARTS) is 1. The van der Waals surface area contributed by atoms with Crippen LogP contribution in [0.1, 0.15) is 38.2 Å². The van der Waals surface area contributed by atoms with Gasteiger partial charge in [-0.1, -0.05) is 12.1 Å². The Morgan fingerprint density at radius 2 is 2.08 bits per heavy atom. The fourth-order valence-corrected chi connectivity index (χ4v) is 3.49. The van der Waals surface area contributed by atoms with Crippen LogP contribution in [-0.2, 0) is 16.1 Å². The number of rotatable bonds is 6. The van der Waals surface area contributed by atoms with E-state index in [1.165, 1.54) is 5.56 Å². The maximum absolute atomic E-state index is 11.2. The minimum atomic E-state index is -0.676. The Hall–Kier alpha value is -1.59. The zero-order valence-electron chi connectivity index (χ0n) is 14.3. The van der Waals surface area contributed by atoms with Crippen LogP contribution >= 0.6 is 0 Å². The molecule has 2 aliphatic rings. The lowest BCUT2D eigenvalue weighted by atomic mass is 9.93. The van der Waals surface area contributed by atoms with Gasteiger partial charge >= 0.3 is 5.97 Å². The molecule has 2 saturated heterocycles. The van der Waals surface area contributed by atoms with E-state index in [9.17, 15) is 9.90 Å². The van der Waals surface area contributed by atoms with E-state index in [0.717, 1.165) is 44.6 Å². The normalized spacial score (nSPS) is 28.0. The minimum absolute atomic E-state index is 0.229. The molecular weight excluding hydrogens is 306 g/mol. The molecule has 0 saturated carbocycles. The highest BCUT2D eigenvalue weighted by atomic mass is 16.5. The first-order valence-corrected chi connectivity index (χ1v) is 8.92. The van der Waals surface area contributed by atoms with Crippen LogP contribution in [0.15, 0.2) is 24.3 Å². The van der Waals surface area contributed by atoms with E-state index in [1.54, 1.807) is 0 Å². The molecule has 0 spiro atoms. The van der Waals surface area contributed by atoms with E-state index in [4.69, 9.17) is 9.47 Å². The average Bonchev–Trinajstić information content (AvgIpc) is 3.09. The van der Waals surface area contributed by atoms with Crippen molar-refractivity contribution in [3.05, 3.63) is 29.8 Å². The molecule has 0 aliphatic carbocycles. The summed E-state index contributed by atoms with van der Waals surface area (Å²) in [7, 11) is 0. The number of carboxylic acids is 1. The monoisotopic (exact) mass is 333 g/mol. The van der Waals surface area contributed by atoms with Gasteiger partial charge in [0.05, 0.1) is 12.0 Å². The standard InChI is InChI=1S/C19H27NO4/c1-14-4-7-16(19(21)22)12-20(14)11-15-5-8-17(9-6-15)24-13-18-3-2-10-23-18/h5-6,8-9,14,16,18H,2-4,7,10-13H2,1H3,(H,21,22). The van der Waals surface area contributed by atoms with Gasteiger partial charge in [-0.3, -0.25) is 9.69 Å². The highest BCUT2D eigenvalue weighted by Gasteiger charge is 2.29. The maximum atomic E-state index is 11.2. The highest BCUT2D eigenvalue weighted by molar-refractivity contribution is 5.70. The second-order valence-corrected chi connectivity index (χ2v) is 6.98. The largest absolute Gasteiger partial charge is 0.491 e. The third-order valence-electron chi connectivity index (χ3n) is 5.13. The van der Waals surface area contributed by atoms with Crippen LogP contribution in [0.5, 0.6) is 5.75 Å². The molecule has 1 aromatic rings. The quantitative estimate of drug-likeness (QED) is 0.867. The Morgan fingerprint density at radius 3 is 2.75 bits per heavy atom. The zero-order chi connectivity index (χ0) is 16.9. The summed E-state index contributed by atoms with van der Waals surface area (Å²) in [6.45, 7) is 5.06. The molecule has 0 aromatic heterocycles. The number of carbonyl (C=O) groups is 1. The van der Waals surface area contributed by atoms with Crippen molar-refractivity contribution in [3.63, 3.8) is 0 Å². The van der Waals surface area contributed by atoms with Gasteiger partial charge in [-0.05, 0) is 50.3 Å². The Bertz CT molecular complexity index is 539. The Labute approximate surface area is 143 Å². The van der Waals surface area contributed by atoms with E-state index in [1.807, 2.05) is 12.1 Å². The predicted molar refractivity (Wildman–Crippen MR) is 91.1 cm³/mol. The maximum Gasteiger partial charge on any atom is 0.307 e. The molecular formula is C19H27NO4. The van der Waals surface area contributed by atoms with Gasteiger partial charge in [0.2, 0.25) is 0 Å². The Morgan fingerprint density at radius 1 is 1.29 bits per heavy atom. The molecule has 3 atom stereocenters. The summed E-state index contributed by atoms with van der Waals surface area (Å²) in [5.41, 5.74) is 1.19. The fraction of sp³-hybridized carbons (Fsp3) is 0.632. The van der Waals surface area contributed by atoms with E-state index in [-0.39, 0.29) is 12.0 Å².